The average Bonchev–Trinajstić information content (AvgIpc) is 4.19. The van der Waals surface area contributed by atoms with Crippen LogP contribution in [0.15, 0.2) is 65.5 Å². The molecule has 0 aliphatic carbocycles. The van der Waals surface area contributed by atoms with E-state index in [0.29, 0.717) is 39.0 Å². The summed E-state index contributed by atoms with van der Waals surface area (Å²) in [5.41, 5.74) is 1.37. The van der Waals surface area contributed by atoms with Crippen LogP contribution in [0.3, 0.4) is 0 Å². The molecule has 434 valence electrons. The number of pyridine rings is 2. The molecular formula is C54H65FN10O16. The molecule has 0 fully saturated rings. The molecule has 4 aromatic rings. The van der Waals surface area contributed by atoms with Crippen LogP contribution >= 0.6 is 0 Å². The molecule has 0 spiro atoms. The molecule has 3 aliphatic heterocycles. The predicted molar refractivity (Wildman–Crippen MR) is 283 cm³/mol. The minimum Gasteiger partial charge on any atom is -0.380 e. The van der Waals surface area contributed by atoms with Crippen LogP contribution in [-0.2, 0) is 89.0 Å². The second-order valence-electron chi connectivity index (χ2n) is 18.9. The van der Waals surface area contributed by atoms with E-state index in [4.69, 9.17) is 28.7 Å². The number of urea groups is 1. The minimum absolute atomic E-state index is 0.0129. The van der Waals surface area contributed by atoms with Crippen LogP contribution in [0, 0.1) is 12.7 Å². The first kappa shape index (κ1) is 60.6. The number of amides is 9. The van der Waals surface area contributed by atoms with Crippen molar-refractivity contribution in [3.8, 4) is 11.4 Å². The lowest BCUT2D eigenvalue weighted by Crippen LogP contribution is -2.52. The zero-order chi connectivity index (χ0) is 58.1. The van der Waals surface area contributed by atoms with E-state index in [1.165, 1.54) is 22.8 Å². The third-order valence-electron chi connectivity index (χ3n) is 13.4. The number of hydrogen-bond donors (Lipinski definition) is 9. The lowest BCUT2D eigenvalue weighted by molar-refractivity contribution is -0.236. The molecule has 3 atom stereocenters. The van der Waals surface area contributed by atoms with Crippen molar-refractivity contribution in [1.82, 2.24) is 51.7 Å². The number of benzene rings is 2. The van der Waals surface area contributed by atoms with Crippen molar-refractivity contribution >= 4 is 58.3 Å². The van der Waals surface area contributed by atoms with Gasteiger partial charge in [-0.25, -0.2) is 14.2 Å². The van der Waals surface area contributed by atoms with Crippen LogP contribution in [0.2, 0.25) is 0 Å². The number of carbonyl (C=O) groups is 8. The second kappa shape index (κ2) is 28.9. The number of aryl methyl sites for hydroxylation is 1. The fraction of sp³-hybridized carbons (Fsp3) is 0.444. The highest BCUT2D eigenvalue weighted by Gasteiger charge is 2.44. The molecule has 26 nitrogen and oxygen atoms in total. The molecule has 2 aromatic heterocycles. The third kappa shape index (κ3) is 16.1. The molecular weight excluding hydrogens is 1060 g/mol. The fourth-order valence-electron chi connectivity index (χ4n) is 8.96. The van der Waals surface area contributed by atoms with Crippen molar-refractivity contribution in [2.75, 3.05) is 85.7 Å². The zero-order valence-corrected chi connectivity index (χ0v) is 44.7. The normalized spacial score (nSPS) is 16.3. The van der Waals surface area contributed by atoms with Gasteiger partial charge in [0.05, 0.1) is 102 Å². The van der Waals surface area contributed by atoms with Crippen molar-refractivity contribution in [2.45, 2.75) is 70.7 Å². The largest absolute Gasteiger partial charge is 0.380 e. The predicted octanol–water partition coefficient (Wildman–Crippen LogP) is -1.35. The molecule has 0 saturated carbocycles. The van der Waals surface area contributed by atoms with E-state index in [1.54, 1.807) is 56.3 Å². The quantitative estimate of drug-likeness (QED) is 0.0146. The standard InChI is InChI=1S/C54H65FN10O16/c1-3-54(76)38-23-42-49-36(29-65(42)51(73)37(38)30-81-52(54)74)35(34-21-32(2)39(55)24-40(34)63-49)25-60-53(75)56-12-15-80-31-61-45(68)27-59-50(72)41(22-33-7-5-4-6-8-33)62-46(69)28-58-44(67)26-57-43(66)11-14-77-17-19-79-20-18-78-16-13-64-47(70)9-10-48(64)71/h4-10,21,23-24,41,52,74,76H,3,11-20,22,25-31H2,1-2H3,(H,57,66)(H,58,67)(H,59,72)(H,61,68)(H,62,69)(H2,56,60,75)/t41-,52?,54-/m0/s1. The van der Waals surface area contributed by atoms with Crippen LogP contribution < -0.4 is 42.8 Å². The first-order valence-electron chi connectivity index (χ1n) is 26.2. The number of imide groups is 1. The van der Waals surface area contributed by atoms with Crippen LogP contribution in [0.1, 0.15) is 53.1 Å². The van der Waals surface area contributed by atoms with Crippen LogP contribution in [0.4, 0.5) is 9.18 Å². The molecule has 3 aliphatic rings. The van der Waals surface area contributed by atoms with Crippen molar-refractivity contribution < 1.29 is 76.6 Å². The molecule has 0 bridgehead atoms. The maximum Gasteiger partial charge on any atom is 0.315 e. The average molecular weight is 1130 g/mol. The van der Waals surface area contributed by atoms with Gasteiger partial charge in [0.25, 0.3) is 17.4 Å². The molecule has 27 heteroatoms. The summed E-state index contributed by atoms with van der Waals surface area (Å²) >= 11 is 0. The molecule has 9 N–H and O–H groups in total. The Bertz CT molecular complexity index is 3070. The Kier molecular flexibility index (Phi) is 21.6. The van der Waals surface area contributed by atoms with Gasteiger partial charge in [-0.1, -0.05) is 37.3 Å². The van der Waals surface area contributed by atoms with E-state index in [-0.39, 0.29) is 133 Å². The van der Waals surface area contributed by atoms with Gasteiger partial charge in [0, 0.05) is 66.2 Å². The van der Waals surface area contributed by atoms with Crippen molar-refractivity contribution in [1.29, 1.82) is 0 Å². The topological polar surface area (TPSA) is 346 Å². The van der Waals surface area contributed by atoms with Crippen molar-refractivity contribution in [2.24, 2.45) is 0 Å². The van der Waals surface area contributed by atoms with Gasteiger partial charge in [0.1, 0.15) is 24.2 Å². The van der Waals surface area contributed by atoms with Crippen LogP contribution in [-0.4, -0.2) is 170 Å². The lowest BCUT2D eigenvalue weighted by Gasteiger charge is -2.37. The Morgan fingerprint density at radius 1 is 0.790 bits per heavy atom. The SMILES string of the molecule is CC[C@]1(O)c2cc3n(c(=O)c2COC1O)Cc1c-3nc2cc(F)c(C)cc2c1CNC(=O)NCCOCNC(=O)CNC(=O)[C@H](Cc1ccccc1)NC(=O)CNC(=O)CNC(=O)CCOCCOCCOCCN1C(=O)C=CC1=O. The van der Waals surface area contributed by atoms with Gasteiger partial charge in [-0.2, -0.15) is 0 Å². The zero-order valence-electron chi connectivity index (χ0n) is 44.7. The fourth-order valence-corrected chi connectivity index (χ4v) is 8.96. The highest BCUT2D eigenvalue weighted by Crippen LogP contribution is 2.41. The molecule has 7 rings (SSSR count). The van der Waals surface area contributed by atoms with Crippen molar-refractivity contribution in [3.63, 3.8) is 0 Å². The summed E-state index contributed by atoms with van der Waals surface area (Å²) in [7, 11) is 0. The molecule has 1 unspecified atom stereocenters. The van der Waals surface area contributed by atoms with Crippen molar-refractivity contribution in [3.05, 3.63) is 110 Å². The smallest absolute Gasteiger partial charge is 0.315 e. The van der Waals surface area contributed by atoms with Gasteiger partial charge in [-0.3, -0.25) is 43.3 Å². The number of nitrogens with one attached hydrogen (secondary N) is 7. The Balaban J connectivity index is 0.773. The van der Waals surface area contributed by atoms with Gasteiger partial charge < -0.3 is 75.7 Å². The van der Waals surface area contributed by atoms with E-state index >= 15 is 0 Å². The first-order valence-corrected chi connectivity index (χ1v) is 26.2. The summed E-state index contributed by atoms with van der Waals surface area (Å²) in [6.07, 6.45) is 0.889. The number of aliphatic hydroxyl groups excluding tert-OH is 1. The van der Waals surface area contributed by atoms with Gasteiger partial charge in [-0.15, -0.1) is 0 Å². The number of hydrogen-bond acceptors (Lipinski definition) is 17. The summed E-state index contributed by atoms with van der Waals surface area (Å²) in [6.45, 7) is 2.61. The number of ether oxygens (including phenoxy) is 5. The summed E-state index contributed by atoms with van der Waals surface area (Å²) < 4.78 is 43.3. The first-order chi connectivity index (χ1) is 39.0. The molecule has 2 aromatic carbocycles. The van der Waals surface area contributed by atoms with Gasteiger partial charge >= 0.3 is 6.03 Å². The molecule has 81 heavy (non-hydrogen) atoms. The van der Waals surface area contributed by atoms with Gasteiger partial charge in [0.2, 0.25) is 29.5 Å². The number of fused-ring (bicyclic) bond motifs is 5. The highest BCUT2D eigenvalue weighted by molar-refractivity contribution is 6.12. The van der Waals surface area contributed by atoms with E-state index in [9.17, 15) is 57.8 Å². The van der Waals surface area contributed by atoms with E-state index < -0.39 is 84.5 Å². The van der Waals surface area contributed by atoms with E-state index in [2.05, 4.69) is 37.2 Å². The summed E-state index contributed by atoms with van der Waals surface area (Å²) in [5, 5.41) is 40.3. The molecule has 9 amide bonds. The van der Waals surface area contributed by atoms with Gasteiger partial charge in [-0.05, 0) is 42.2 Å². The Labute approximate surface area is 463 Å². The van der Waals surface area contributed by atoms with Gasteiger partial charge in [0.15, 0.2) is 6.29 Å². The summed E-state index contributed by atoms with van der Waals surface area (Å²) in [5.74, 6) is -4.43. The minimum atomic E-state index is -1.85. The summed E-state index contributed by atoms with van der Waals surface area (Å²) in [6, 6.07) is 11.5. The maximum absolute atomic E-state index is 14.9. The van der Waals surface area contributed by atoms with E-state index in [0.717, 1.165) is 4.90 Å². The molecule has 0 saturated heterocycles. The lowest BCUT2D eigenvalue weighted by atomic mass is 9.85. The number of halogens is 1. The second-order valence-corrected chi connectivity index (χ2v) is 18.9. The highest BCUT2D eigenvalue weighted by atomic mass is 19.1. The number of aromatic nitrogens is 2. The Morgan fingerprint density at radius 3 is 2.19 bits per heavy atom. The number of carbonyl (C=O) groups excluding carboxylic acids is 8. The Hall–Kier alpha value is -8.05. The van der Waals surface area contributed by atoms with Crippen LogP contribution in [0.5, 0.6) is 0 Å². The third-order valence-corrected chi connectivity index (χ3v) is 13.4. The molecule has 5 heterocycles. The number of aliphatic hydroxyl groups is 2. The maximum atomic E-state index is 14.9. The van der Waals surface area contributed by atoms with Crippen LogP contribution in [0.25, 0.3) is 22.3 Å². The van der Waals surface area contributed by atoms with E-state index in [1.807, 2.05) is 0 Å². The molecule has 0 radical (unpaired) electrons. The Morgan fingerprint density at radius 2 is 1.46 bits per heavy atom. The number of rotatable bonds is 30. The number of nitrogens with zero attached hydrogens (tertiary/aromatic N) is 3. The monoisotopic (exact) mass is 1130 g/mol. The summed E-state index contributed by atoms with van der Waals surface area (Å²) in [4.78, 5) is 119.